The third kappa shape index (κ3) is 2.98. The second kappa shape index (κ2) is 6.36. The molecule has 0 spiro atoms. The topological polar surface area (TPSA) is 121 Å². The molecule has 1 aliphatic rings. The van der Waals surface area contributed by atoms with E-state index >= 15 is 0 Å². The molecule has 0 unspecified atom stereocenters. The molecule has 0 aliphatic carbocycles. The van der Waals surface area contributed by atoms with E-state index in [-0.39, 0.29) is 23.8 Å². The summed E-state index contributed by atoms with van der Waals surface area (Å²) in [5, 5.41) is 28.1. The maximum atomic E-state index is 14.6. The molecule has 2 rings (SSSR count). The second-order valence-corrected chi connectivity index (χ2v) is 5.63. The van der Waals surface area contributed by atoms with E-state index in [4.69, 9.17) is 5.11 Å². The Morgan fingerprint density at radius 2 is 2.04 bits per heavy atom. The Balaban J connectivity index is 2.46. The van der Waals surface area contributed by atoms with Crippen LogP contribution >= 0.6 is 0 Å². The van der Waals surface area contributed by atoms with Gasteiger partial charge < -0.3 is 20.3 Å². The summed E-state index contributed by atoms with van der Waals surface area (Å²) in [7, 11) is 1.26. The molecule has 9 heteroatoms. The fraction of sp³-hybridized carbons (Fsp3) is 0.333. The first-order chi connectivity index (χ1) is 11.2. The normalized spacial score (nSPS) is 16.8. The predicted molar refractivity (Wildman–Crippen MR) is 81.7 cm³/mol. The molecule has 0 fully saturated rings. The predicted octanol–water partition coefficient (Wildman–Crippen LogP) is 2.64. The highest BCUT2D eigenvalue weighted by molar-refractivity contribution is 6.06. The quantitative estimate of drug-likeness (QED) is 0.433. The Morgan fingerprint density at radius 1 is 1.38 bits per heavy atom. The molecule has 0 radical (unpaired) electrons. The largest absolute Gasteiger partial charge is 0.507 e. The summed E-state index contributed by atoms with van der Waals surface area (Å²) < 4.78 is 19.3. The fourth-order valence-corrected chi connectivity index (χ4v) is 2.28. The van der Waals surface area contributed by atoms with Gasteiger partial charge in [-0.3, -0.25) is 4.79 Å². The molecule has 24 heavy (non-hydrogen) atoms. The van der Waals surface area contributed by atoms with Crippen LogP contribution < -0.4 is 5.32 Å². The molecular formula is C15H16FN3O5. The molecule has 8 nitrogen and oxygen atoms in total. The average molecular weight is 337 g/mol. The molecule has 128 valence electrons. The number of fused-ring (bicyclic) bond motifs is 1. The molecule has 0 saturated heterocycles. The number of nitrogens with zero attached hydrogens (tertiary/aromatic N) is 2. The number of anilines is 1. The van der Waals surface area contributed by atoms with Crippen molar-refractivity contribution in [2.75, 3.05) is 19.0 Å². The van der Waals surface area contributed by atoms with Gasteiger partial charge in [0.2, 0.25) is 11.6 Å². The monoisotopic (exact) mass is 337 g/mol. The van der Waals surface area contributed by atoms with E-state index in [0.717, 1.165) is 0 Å². The van der Waals surface area contributed by atoms with Crippen LogP contribution in [0.2, 0.25) is 0 Å². The molecule has 0 bridgehead atoms. The van der Waals surface area contributed by atoms with Gasteiger partial charge in [-0.25, -0.2) is 9.18 Å². The van der Waals surface area contributed by atoms with Crippen molar-refractivity contribution in [2.24, 2.45) is 10.2 Å². The Morgan fingerprint density at radius 3 is 2.62 bits per heavy atom. The number of carbonyl (C=O) groups excluding carboxylic acids is 1. The van der Waals surface area contributed by atoms with Crippen LogP contribution in [0.3, 0.4) is 0 Å². The zero-order chi connectivity index (χ0) is 18.1. The van der Waals surface area contributed by atoms with E-state index < -0.39 is 28.7 Å². The number of rotatable bonds is 5. The lowest BCUT2D eigenvalue weighted by atomic mass is 9.85. The number of carboxylic acid groups (broad SMARTS) is 1. The summed E-state index contributed by atoms with van der Waals surface area (Å²) in [6, 6.07) is 2.71. The molecular weight excluding hydrogens is 321 g/mol. The maximum absolute atomic E-state index is 14.6. The van der Waals surface area contributed by atoms with Crippen molar-refractivity contribution in [1.29, 1.82) is 0 Å². The van der Waals surface area contributed by atoms with Gasteiger partial charge in [0.1, 0.15) is 12.3 Å². The second-order valence-electron chi connectivity index (χ2n) is 5.63. The Kier molecular flexibility index (Phi) is 4.65. The minimum absolute atomic E-state index is 0.130. The number of methoxy groups -OCH3 is 1. The highest BCUT2D eigenvalue weighted by atomic mass is 19.1. The van der Waals surface area contributed by atoms with Gasteiger partial charge in [-0.1, -0.05) is 0 Å². The van der Waals surface area contributed by atoms with Gasteiger partial charge in [-0.15, -0.1) is 10.2 Å². The molecule has 0 saturated carbocycles. The first-order valence-corrected chi connectivity index (χ1v) is 6.90. The van der Waals surface area contributed by atoms with Gasteiger partial charge in [-0.05, 0) is 26.0 Å². The molecule has 1 amide bonds. The summed E-state index contributed by atoms with van der Waals surface area (Å²) in [4.78, 5) is 22.9. The number of halogens is 1. The summed E-state index contributed by atoms with van der Waals surface area (Å²) in [5.41, 5.74) is -1.63. The number of hydrogen-bond donors (Lipinski definition) is 3. The molecule has 0 atom stereocenters. The van der Waals surface area contributed by atoms with E-state index in [0.29, 0.717) is 5.69 Å². The zero-order valence-corrected chi connectivity index (χ0v) is 13.3. The van der Waals surface area contributed by atoms with Crippen molar-refractivity contribution in [3.8, 4) is 0 Å². The minimum atomic E-state index is -1.54. The number of benzene rings is 1. The van der Waals surface area contributed by atoms with Crippen LogP contribution in [-0.4, -0.2) is 35.8 Å². The number of aliphatic hydroxyl groups excluding tert-OH is 1. The van der Waals surface area contributed by atoms with Crippen LogP contribution in [0.15, 0.2) is 33.8 Å². The number of aliphatic hydroxyl groups is 1. The van der Waals surface area contributed by atoms with Gasteiger partial charge in [0.15, 0.2) is 11.6 Å². The van der Waals surface area contributed by atoms with Gasteiger partial charge in [-0.2, -0.15) is 0 Å². The smallest absolute Gasteiger partial charge is 0.360 e. The number of carbonyl (C=O) groups is 2. The lowest BCUT2D eigenvalue weighted by molar-refractivity contribution is -0.133. The van der Waals surface area contributed by atoms with Crippen LogP contribution in [0.1, 0.15) is 19.4 Å². The molecule has 1 aromatic carbocycles. The summed E-state index contributed by atoms with van der Waals surface area (Å²) in [6.07, 6.45) is 0. The first-order valence-electron chi connectivity index (χ1n) is 6.90. The van der Waals surface area contributed by atoms with Gasteiger partial charge in [0.25, 0.3) is 0 Å². The van der Waals surface area contributed by atoms with Crippen LogP contribution in [0.5, 0.6) is 0 Å². The molecule has 3 N–H and O–H groups in total. The number of carboxylic acids is 1. The van der Waals surface area contributed by atoms with Crippen LogP contribution in [-0.2, 0) is 19.7 Å². The van der Waals surface area contributed by atoms with Crippen molar-refractivity contribution in [1.82, 2.24) is 0 Å². The standard InChI is InChI=1S/C15H16FN3O5/c1-15(2)10-7(17-14(15)23)4-5-8(11(10)16)18-19-12(13(21)22)9(20)6-24-3/h4-5,20H,6H2,1-3H3,(H,17,23)(H,21,22). The third-order valence-electron chi connectivity index (χ3n) is 3.58. The minimum Gasteiger partial charge on any atom is -0.507 e. The number of azo groups is 1. The van der Waals surface area contributed by atoms with E-state index in [1.54, 1.807) is 13.8 Å². The van der Waals surface area contributed by atoms with Crippen LogP contribution in [0.25, 0.3) is 0 Å². The van der Waals surface area contributed by atoms with E-state index in [1.165, 1.54) is 19.2 Å². The van der Waals surface area contributed by atoms with Gasteiger partial charge in [0.05, 0.1) is 5.41 Å². The zero-order valence-electron chi connectivity index (χ0n) is 13.3. The maximum Gasteiger partial charge on any atom is 0.360 e. The number of nitrogens with one attached hydrogen (secondary N) is 1. The van der Waals surface area contributed by atoms with Crippen molar-refractivity contribution in [3.63, 3.8) is 0 Å². The summed E-state index contributed by atoms with van der Waals surface area (Å²) in [6.45, 7) is 2.75. The molecule has 1 aliphatic heterocycles. The fourth-order valence-electron chi connectivity index (χ4n) is 2.28. The van der Waals surface area contributed by atoms with Crippen molar-refractivity contribution < 1.29 is 28.9 Å². The lowest BCUT2D eigenvalue weighted by Crippen LogP contribution is -2.27. The third-order valence-corrected chi connectivity index (χ3v) is 3.58. The average Bonchev–Trinajstić information content (AvgIpc) is 2.72. The number of hydrogen-bond acceptors (Lipinski definition) is 6. The molecule has 1 aromatic rings. The Bertz CT molecular complexity index is 771. The highest BCUT2D eigenvalue weighted by Gasteiger charge is 2.41. The van der Waals surface area contributed by atoms with Gasteiger partial charge >= 0.3 is 5.97 Å². The first kappa shape index (κ1) is 17.5. The van der Waals surface area contributed by atoms with Crippen LogP contribution in [0, 0.1) is 5.82 Å². The van der Waals surface area contributed by atoms with Gasteiger partial charge in [0, 0.05) is 18.4 Å². The van der Waals surface area contributed by atoms with Crippen molar-refractivity contribution in [2.45, 2.75) is 19.3 Å². The highest BCUT2D eigenvalue weighted by Crippen LogP contribution is 2.42. The summed E-state index contributed by atoms with van der Waals surface area (Å²) in [5.74, 6) is -3.32. The van der Waals surface area contributed by atoms with Crippen LogP contribution in [0.4, 0.5) is 15.8 Å². The number of amides is 1. The van der Waals surface area contributed by atoms with Crippen molar-refractivity contribution in [3.05, 3.63) is 35.0 Å². The summed E-state index contributed by atoms with van der Waals surface area (Å²) >= 11 is 0. The van der Waals surface area contributed by atoms with E-state index in [2.05, 4.69) is 20.3 Å². The molecule has 0 aromatic heterocycles. The molecule has 1 heterocycles. The van der Waals surface area contributed by atoms with E-state index in [1.807, 2.05) is 0 Å². The van der Waals surface area contributed by atoms with Crippen molar-refractivity contribution >= 4 is 23.3 Å². The Labute approximate surface area is 136 Å². The lowest BCUT2D eigenvalue weighted by Gasteiger charge is -2.16. The number of ether oxygens (including phenoxy) is 1. The Hall–Kier alpha value is -2.81. The van der Waals surface area contributed by atoms with E-state index in [9.17, 15) is 19.1 Å². The SMILES string of the molecule is COCC(O)=C(N=Nc1ccc2c(c1F)C(C)(C)C(=O)N2)C(=O)O. The number of aliphatic carboxylic acids is 1.